The molecule has 2 amide bonds. The van der Waals surface area contributed by atoms with Crippen molar-refractivity contribution in [2.45, 2.75) is 51.4 Å². The summed E-state index contributed by atoms with van der Waals surface area (Å²) in [5, 5.41) is 0. The summed E-state index contributed by atoms with van der Waals surface area (Å²) >= 11 is 0. The van der Waals surface area contributed by atoms with E-state index in [0.717, 1.165) is 6.42 Å². The van der Waals surface area contributed by atoms with Crippen LogP contribution in [0.1, 0.15) is 49.0 Å². The number of alkyl halides is 3. The first-order chi connectivity index (χ1) is 15.1. The maximum absolute atomic E-state index is 13.6. The molecule has 32 heavy (non-hydrogen) atoms. The minimum absolute atomic E-state index is 0.0160. The predicted octanol–water partition coefficient (Wildman–Crippen LogP) is 2.31. The lowest BCUT2D eigenvalue weighted by molar-refractivity contribution is -0.142. The quantitative estimate of drug-likeness (QED) is 0.745. The summed E-state index contributed by atoms with van der Waals surface area (Å²) in [6, 6.07) is -0.532. The molecule has 0 radical (unpaired) electrons. The van der Waals surface area contributed by atoms with Crippen LogP contribution in [0.4, 0.5) is 13.2 Å². The molecule has 0 bridgehead atoms. The molecule has 172 valence electrons. The van der Waals surface area contributed by atoms with E-state index < -0.39 is 17.9 Å². The van der Waals surface area contributed by atoms with E-state index in [9.17, 15) is 22.8 Å². The average Bonchev–Trinajstić information content (AvgIpc) is 2.67. The minimum Gasteiger partial charge on any atom is -0.341 e. The largest absolute Gasteiger partial charge is 0.433 e. The predicted molar refractivity (Wildman–Crippen MR) is 111 cm³/mol. The summed E-state index contributed by atoms with van der Waals surface area (Å²) in [7, 11) is 0. The van der Waals surface area contributed by atoms with Crippen molar-refractivity contribution >= 4 is 17.4 Å². The van der Waals surface area contributed by atoms with Gasteiger partial charge in [0.15, 0.2) is 11.5 Å². The summed E-state index contributed by atoms with van der Waals surface area (Å²) in [6.45, 7) is 3.12. The van der Waals surface area contributed by atoms with Crippen LogP contribution in [0.25, 0.3) is 5.57 Å². The van der Waals surface area contributed by atoms with Gasteiger partial charge in [-0.05, 0) is 18.8 Å². The number of nitrogens with two attached hydrogens (primary N) is 1. The molecule has 10 heteroatoms. The van der Waals surface area contributed by atoms with Crippen molar-refractivity contribution in [2.75, 3.05) is 19.6 Å². The first kappa shape index (κ1) is 22.4. The van der Waals surface area contributed by atoms with E-state index in [1.165, 1.54) is 4.90 Å². The topological polar surface area (TPSA) is 92.4 Å². The first-order valence-electron chi connectivity index (χ1n) is 10.8. The number of aromatic nitrogens is 2. The van der Waals surface area contributed by atoms with E-state index in [0.29, 0.717) is 31.0 Å². The van der Waals surface area contributed by atoms with E-state index in [4.69, 9.17) is 5.73 Å². The van der Waals surface area contributed by atoms with Gasteiger partial charge in [-0.1, -0.05) is 25.2 Å². The molecule has 1 aliphatic carbocycles. The second kappa shape index (κ2) is 8.65. The summed E-state index contributed by atoms with van der Waals surface area (Å²) in [4.78, 5) is 36.2. The Morgan fingerprint density at radius 1 is 1.31 bits per heavy atom. The Morgan fingerprint density at radius 2 is 2.06 bits per heavy atom. The van der Waals surface area contributed by atoms with Crippen molar-refractivity contribution in [3.8, 4) is 0 Å². The first-order valence-corrected chi connectivity index (χ1v) is 10.8. The monoisotopic (exact) mass is 449 g/mol. The highest BCUT2D eigenvalue weighted by molar-refractivity contribution is 5.79. The third kappa shape index (κ3) is 4.69. The number of allylic oxidation sites excluding steroid dienone is 4. The third-order valence-electron chi connectivity index (χ3n) is 6.12. The number of halogens is 3. The number of carbonyl (C=O) groups excluding carboxylic acids is 2. The van der Waals surface area contributed by atoms with Gasteiger partial charge in [0, 0.05) is 49.7 Å². The Bertz CT molecular complexity index is 989. The van der Waals surface area contributed by atoms with E-state index in [1.807, 2.05) is 0 Å². The van der Waals surface area contributed by atoms with E-state index in [2.05, 4.69) is 16.9 Å². The highest BCUT2D eigenvalue weighted by Gasteiger charge is 2.39. The van der Waals surface area contributed by atoms with Crippen LogP contribution in [-0.4, -0.2) is 57.3 Å². The summed E-state index contributed by atoms with van der Waals surface area (Å²) in [6.07, 6.45) is 1.80. The normalized spacial score (nSPS) is 21.7. The van der Waals surface area contributed by atoms with Gasteiger partial charge in [0.05, 0.1) is 12.2 Å². The Balaban J connectivity index is 1.45. The number of piperidine rings is 1. The third-order valence-corrected chi connectivity index (χ3v) is 6.12. The molecule has 0 aromatic carbocycles. The fraction of sp³-hybridized carbons (Fsp3) is 0.545. The zero-order valence-corrected chi connectivity index (χ0v) is 17.9. The highest BCUT2D eigenvalue weighted by atomic mass is 19.4. The van der Waals surface area contributed by atoms with Gasteiger partial charge in [-0.2, -0.15) is 13.2 Å². The maximum Gasteiger partial charge on any atom is 0.433 e. The van der Waals surface area contributed by atoms with E-state index in [1.54, 1.807) is 23.1 Å². The average molecular weight is 449 g/mol. The Kier molecular flexibility index (Phi) is 6.07. The highest BCUT2D eigenvalue weighted by Crippen LogP contribution is 2.35. The number of amides is 2. The molecular weight excluding hydrogens is 423 g/mol. The lowest BCUT2D eigenvalue weighted by Gasteiger charge is -2.34. The van der Waals surface area contributed by atoms with Crippen molar-refractivity contribution in [1.29, 1.82) is 0 Å². The van der Waals surface area contributed by atoms with Crippen LogP contribution in [-0.2, 0) is 28.7 Å². The number of hydrogen-bond acceptors (Lipinski definition) is 5. The number of fused-ring (bicyclic) bond motifs is 1. The fourth-order valence-corrected chi connectivity index (χ4v) is 4.32. The second-order valence-electron chi connectivity index (χ2n) is 8.77. The molecule has 3 aliphatic rings. The fourth-order valence-electron chi connectivity index (χ4n) is 4.32. The maximum atomic E-state index is 13.6. The van der Waals surface area contributed by atoms with Crippen molar-refractivity contribution in [3.05, 3.63) is 41.0 Å². The van der Waals surface area contributed by atoms with Crippen LogP contribution in [0.3, 0.4) is 0 Å². The molecule has 4 rings (SSSR count). The van der Waals surface area contributed by atoms with Crippen LogP contribution in [0.15, 0.2) is 18.2 Å². The van der Waals surface area contributed by atoms with Crippen LogP contribution in [0.5, 0.6) is 0 Å². The molecule has 1 aromatic heterocycles. The number of likely N-dealkylation sites (tertiary alicyclic amines) is 1. The Morgan fingerprint density at radius 3 is 2.72 bits per heavy atom. The zero-order chi connectivity index (χ0) is 23.0. The van der Waals surface area contributed by atoms with E-state index in [-0.39, 0.29) is 54.8 Å². The van der Waals surface area contributed by atoms with Crippen LogP contribution in [0.2, 0.25) is 0 Å². The Hall–Kier alpha value is -2.75. The number of rotatable bonds is 5. The lowest BCUT2D eigenvalue weighted by Crippen LogP contribution is -2.48. The lowest BCUT2D eigenvalue weighted by atomic mass is 9.98. The molecule has 7 nitrogen and oxygen atoms in total. The smallest absolute Gasteiger partial charge is 0.341 e. The molecule has 1 saturated heterocycles. The number of carbonyl (C=O) groups is 2. The zero-order valence-electron chi connectivity index (χ0n) is 17.9. The second-order valence-corrected chi connectivity index (χ2v) is 8.77. The van der Waals surface area contributed by atoms with Gasteiger partial charge in [-0.3, -0.25) is 9.59 Å². The van der Waals surface area contributed by atoms with Gasteiger partial charge in [0.1, 0.15) is 0 Å². The SMILES string of the molecule is C[C@@H]1CCC(=O)N(C[C@H](N)CC(=O)N2CCc3c(nc(C4=CC=C4)nc3C(F)(F)F)C2)C1. The summed E-state index contributed by atoms with van der Waals surface area (Å²) < 4.78 is 40.8. The molecular formula is C22H26F3N5O2. The van der Waals surface area contributed by atoms with Crippen molar-refractivity contribution < 1.29 is 22.8 Å². The number of nitrogens with zero attached hydrogens (tertiary/aromatic N) is 4. The molecule has 1 fully saturated rings. The van der Waals surface area contributed by atoms with Gasteiger partial charge in [-0.25, -0.2) is 9.97 Å². The van der Waals surface area contributed by atoms with Gasteiger partial charge < -0.3 is 15.5 Å². The molecule has 0 saturated carbocycles. The minimum atomic E-state index is -4.59. The van der Waals surface area contributed by atoms with Gasteiger partial charge in [0.2, 0.25) is 11.8 Å². The molecule has 2 N–H and O–H groups in total. The molecule has 0 spiro atoms. The van der Waals surface area contributed by atoms with Gasteiger partial charge in [0.25, 0.3) is 0 Å². The van der Waals surface area contributed by atoms with Gasteiger partial charge in [-0.15, -0.1) is 0 Å². The van der Waals surface area contributed by atoms with E-state index >= 15 is 0 Å². The number of hydrogen-bond donors (Lipinski definition) is 1. The molecule has 2 aliphatic heterocycles. The molecule has 1 aromatic rings. The molecule has 0 unspecified atom stereocenters. The summed E-state index contributed by atoms with van der Waals surface area (Å²) in [5.41, 5.74) is 6.02. The standard InChI is InChI=1S/C22H26F3N5O2/c1-13-5-6-18(31)30(10-13)11-15(26)9-19(32)29-8-7-16-17(12-29)27-21(14-3-2-4-14)28-20(16)22(23,24)25/h2-4,13,15H,5-12,26H2,1H3/t13-,15-/m1/s1. The van der Waals surface area contributed by atoms with Crippen LogP contribution < -0.4 is 5.73 Å². The van der Waals surface area contributed by atoms with Crippen molar-refractivity contribution in [2.24, 2.45) is 11.7 Å². The van der Waals surface area contributed by atoms with Crippen LogP contribution in [0, 0.1) is 5.92 Å². The molecule has 3 heterocycles. The Labute approximate surface area is 184 Å². The van der Waals surface area contributed by atoms with Crippen LogP contribution >= 0.6 is 0 Å². The van der Waals surface area contributed by atoms with Crippen molar-refractivity contribution in [3.63, 3.8) is 0 Å². The van der Waals surface area contributed by atoms with Gasteiger partial charge >= 0.3 is 6.18 Å². The molecule has 2 atom stereocenters. The van der Waals surface area contributed by atoms with Crippen molar-refractivity contribution in [1.82, 2.24) is 19.8 Å². The summed E-state index contributed by atoms with van der Waals surface area (Å²) in [5.74, 6) is 0.201.